The molecule has 0 saturated carbocycles. The van der Waals surface area contributed by atoms with Crippen LogP contribution in [0.25, 0.3) is 6.08 Å². The lowest BCUT2D eigenvalue weighted by Gasteiger charge is -2.24. The van der Waals surface area contributed by atoms with Crippen molar-refractivity contribution in [3.63, 3.8) is 0 Å². The Kier molecular flexibility index (Phi) is 6.59. The summed E-state index contributed by atoms with van der Waals surface area (Å²) in [5, 5.41) is 0.427. The maximum absolute atomic E-state index is 13.7. The van der Waals surface area contributed by atoms with Gasteiger partial charge in [0.1, 0.15) is 5.75 Å². The van der Waals surface area contributed by atoms with E-state index in [2.05, 4.69) is 4.99 Å². The van der Waals surface area contributed by atoms with E-state index < -0.39 is 12.0 Å². The van der Waals surface area contributed by atoms with Gasteiger partial charge in [0.05, 0.1) is 40.1 Å². The van der Waals surface area contributed by atoms with E-state index in [1.54, 1.807) is 32.1 Å². The van der Waals surface area contributed by atoms with Gasteiger partial charge in [-0.1, -0.05) is 35.1 Å². The second kappa shape index (κ2) is 9.83. The molecule has 8 nitrogen and oxygen atoms in total. The molecule has 0 saturated heterocycles. The van der Waals surface area contributed by atoms with Crippen LogP contribution >= 0.6 is 22.9 Å². The van der Waals surface area contributed by atoms with Crippen LogP contribution in [-0.2, 0) is 9.53 Å². The van der Waals surface area contributed by atoms with Gasteiger partial charge in [0, 0.05) is 6.07 Å². The summed E-state index contributed by atoms with van der Waals surface area (Å²) in [6.45, 7) is 6.26. The third kappa shape index (κ3) is 4.29. The van der Waals surface area contributed by atoms with Crippen LogP contribution in [0.15, 0.2) is 57.5 Å². The number of hydrogen-bond donors (Lipinski definition) is 0. The molecule has 5 rings (SSSR count). The summed E-state index contributed by atoms with van der Waals surface area (Å²) in [5.74, 6) is 1.31. The molecule has 2 aromatic carbocycles. The van der Waals surface area contributed by atoms with E-state index >= 15 is 0 Å². The lowest BCUT2D eigenvalue weighted by Crippen LogP contribution is -2.39. The zero-order chi connectivity index (χ0) is 25.4. The summed E-state index contributed by atoms with van der Waals surface area (Å²) in [6.07, 6.45) is 1.70. The van der Waals surface area contributed by atoms with Gasteiger partial charge in [-0.25, -0.2) is 9.79 Å². The van der Waals surface area contributed by atoms with Crippen LogP contribution < -0.4 is 29.1 Å². The van der Waals surface area contributed by atoms with Crippen LogP contribution in [0.5, 0.6) is 17.2 Å². The number of ether oxygens (including phenoxy) is 4. The predicted molar refractivity (Wildman–Crippen MR) is 136 cm³/mol. The van der Waals surface area contributed by atoms with Crippen molar-refractivity contribution in [2.24, 2.45) is 4.99 Å². The number of benzene rings is 2. The van der Waals surface area contributed by atoms with E-state index in [0.29, 0.717) is 55.0 Å². The third-order valence-corrected chi connectivity index (χ3v) is 7.11. The fourth-order valence-electron chi connectivity index (χ4n) is 4.20. The van der Waals surface area contributed by atoms with Gasteiger partial charge in [0.15, 0.2) is 16.3 Å². The van der Waals surface area contributed by atoms with Crippen molar-refractivity contribution in [1.29, 1.82) is 0 Å². The van der Waals surface area contributed by atoms with Gasteiger partial charge < -0.3 is 18.9 Å². The van der Waals surface area contributed by atoms with Crippen LogP contribution in [0.3, 0.4) is 0 Å². The highest BCUT2D eigenvalue weighted by Crippen LogP contribution is 2.37. The molecule has 0 amide bonds. The van der Waals surface area contributed by atoms with Gasteiger partial charge in [-0.2, -0.15) is 0 Å². The molecule has 36 heavy (non-hydrogen) atoms. The van der Waals surface area contributed by atoms with Crippen molar-refractivity contribution in [1.82, 2.24) is 4.57 Å². The molecule has 1 unspecified atom stereocenters. The zero-order valence-electron chi connectivity index (χ0n) is 19.9. The van der Waals surface area contributed by atoms with E-state index in [4.69, 9.17) is 30.5 Å². The molecule has 0 N–H and O–H groups in total. The molecule has 0 radical (unpaired) electrons. The van der Waals surface area contributed by atoms with Crippen LogP contribution in [0.1, 0.15) is 37.9 Å². The molecule has 3 aromatic rings. The molecule has 0 bridgehead atoms. The van der Waals surface area contributed by atoms with E-state index in [1.165, 1.54) is 15.9 Å². The van der Waals surface area contributed by atoms with Gasteiger partial charge in [-0.3, -0.25) is 9.36 Å². The van der Waals surface area contributed by atoms with Crippen LogP contribution in [0.4, 0.5) is 0 Å². The van der Waals surface area contributed by atoms with Crippen LogP contribution in [0, 0.1) is 0 Å². The Morgan fingerprint density at radius 3 is 2.61 bits per heavy atom. The van der Waals surface area contributed by atoms with Gasteiger partial charge in [0.2, 0.25) is 6.79 Å². The standard InChI is InChI=1S/C26H23ClN2O6S/c1-4-32-17-8-6-15(7-9-17)23-22(25(31)33-5-2)14(3)28-26-29(23)24(30)21(36-26)11-16-10-19-20(12-18(16)27)35-13-34-19/h6-12,23H,4-5,13H2,1-3H3/b21-11-. The van der Waals surface area contributed by atoms with Crippen molar-refractivity contribution in [2.75, 3.05) is 20.0 Å². The summed E-state index contributed by atoms with van der Waals surface area (Å²) in [7, 11) is 0. The first kappa shape index (κ1) is 24.1. The van der Waals surface area contributed by atoms with Gasteiger partial charge in [0.25, 0.3) is 5.56 Å². The maximum Gasteiger partial charge on any atom is 0.338 e. The summed E-state index contributed by atoms with van der Waals surface area (Å²) in [6, 6.07) is 10.0. The Bertz CT molecular complexity index is 1550. The van der Waals surface area contributed by atoms with Crippen molar-refractivity contribution in [2.45, 2.75) is 26.8 Å². The number of esters is 1. The number of thiazole rings is 1. The number of rotatable bonds is 6. The Balaban J connectivity index is 1.68. The molecule has 1 aromatic heterocycles. The minimum atomic E-state index is -0.703. The summed E-state index contributed by atoms with van der Waals surface area (Å²) >= 11 is 7.67. The molecular weight excluding hydrogens is 504 g/mol. The molecule has 10 heteroatoms. The first-order valence-corrected chi connectivity index (χ1v) is 12.6. The Morgan fingerprint density at radius 1 is 1.19 bits per heavy atom. The fourth-order valence-corrected chi connectivity index (χ4v) is 5.45. The third-order valence-electron chi connectivity index (χ3n) is 5.80. The normalized spacial score (nSPS) is 16.6. The summed E-state index contributed by atoms with van der Waals surface area (Å²) < 4.78 is 23.7. The largest absolute Gasteiger partial charge is 0.494 e. The summed E-state index contributed by atoms with van der Waals surface area (Å²) in [4.78, 5) is 31.8. The number of aromatic nitrogens is 1. The maximum atomic E-state index is 13.7. The molecular formula is C26H23ClN2O6S. The Labute approximate surface area is 215 Å². The molecule has 0 spiro atoms. The van der Waals surface area contributed by atoms with Crippen molar-refractivity contribution < 1.29 is 23.7 Å². The summed E-state index contributed by atoms with van der Waals surface area (Å²) in [5.41, 5.74) is 1.89. The molecule has 2 aliphatic rings. The molecule has 3 heterocycles. The number of fused-ring (bicyclic) bond motifs is 2. The van der Waals surface area contributed by atoms with Crippen LogP contribution in [-0.4, -0.2) is 30.5 Å². The lowest BCUT2D eigenvalue weighted by atomic mass is 9.96. The lowest BCUT2D eigenvalue weighted by molar-refractivity contribution is -0.139. The monoisotopic (exact) mass is 526 g/mol. The van der Waals surface area contributed by atoms with Gasteiger partial charge in [-0.15, -0.1) is 0 Å². The smallest absolute Gasteiger partial charge is 0.338 e. The SMILES string of the molecule is CCOC(=O)C1=C(C)N=c2s/c(=C\c3cc4c(cc3Cl)OCO4)c(=O)n2C1c1ccc(OCC)cc1. The topological polar surface area (TPSA) is 88.4 Å². The number of carbonyl (C=O) groups is 1. The average Bonchev–Trinajstić information content (AvgIpc) is 3.43. The molecule has 0 aliphatic carbocycles. The Hall–Kier alpha value is -3.56. The van der Waals surface area contributed by atoms with E-state index in [9.17, 15) is 9.59 Å². The highest BCUT2D eigenvalue weighted by atomic mass is 35.5. The second-order valence-electron chi connectivity index (χ2n) is 8.03. The first-order chi connectivity index (χ1) is 17.4. The van der Waals surface area contributed by atoms with Gasteiger partial charge >= 0.3 is 5.97 Å². The molecule has 1 atom stereocenters. The number of carbonyl (C=O) groups excluding carboxylic acids is 1. The minimum Gasteiger partial charge on any atom is -0.494 e. The van der Waals surface area contributed by atoms with Crippen molar-refractivity contribution >= 4 is 35.0 Å². The van der Waals surface area contributed by atoms with E-state index in [-0.39, 0.29) is 19.0 Å². The predicted octanol–water partition coefficient (Wildman–Crippen LogP) is 3.58. The van der Waals surface area contributed by atoms with E-state index in [0.717, 1.165) is 5.56 Å². The average molecular weight is 527 g/mol. The highest BCUT2D eigenvalue weighted by Gasteiger charge is 2.33. The van der Waals surface area contributed by atoms with Gasteiger partial charge in [-0.05, 0) is 56.2 Å². The molecule has 186 valence electrons. The number of hydrogen-bond acceptors (Lipinski definition) is 8. The number of nitrogens with zero attached hydrogens (tertiary/aromatic N) is 2. The highest BCUT2D eigenvalue weighted by molar-refractivity contribution is 7.07. The van der Waals surface area contributed by atoms with E-state index in [1.807, 2.05) is 31.2 Å². The van der Waals surface area contributed by atoms with Crippen molar-refractivity contribution in [3.8, 4) is 17.2 Å². The van der Waals surface area contributed by atoms with Crippen molar-refractivity contribution in [3.05, 3.63) is 83.5 Å². The Morgan fingerprint density at radius 2 is 1.92 bits per heavy atom. The molecule has 2 aliphatic heterocycles. The first-order valence-electron chi connectivity index (χ1n) is 11.4. The van der Waals surface area contributed by atoms with Crippen LogP contribution in [0.2, 0.25) is 5.02 Å². The number of halogens is 1. The number of allylic oxidation sites excluding steroid dienone is 1. The quantitative estimate of drug-likeness (QED) is 0.456. The minimum absolute atomic E-state index is 0.120. The molecule has 0 fully saturated rings. The fraction of sp³-hybridized carbons (Fsp3) is 0.269. The second-order valence-corrected chi connectivity index (χ2v) is 9.45. The zero-order valence-corrected chi connectivity index (χ0v) is 21.4.